The molecule has 1 unspecified atom stereocenters. The number of H-pyrrole nitrogens is 1. The lowest BCUT2D eigenvalue weighted by Crippen LogP contribution is -2.44. The minimum absolute atomic E-state index is 0.0935. The van der Waals surface area contributed by atoms with Gasteiger partial charge in [-0.2, -0.15) is 15.0 Å². The molecule has 0 radical (unpaired) electrons. The summed E-state index contributed by atoms with van der Waals surface area (Å²) < 4.78 is 5.40. The number of amides is 1. The maximum absolute atomic E-state index is 13.9. The van der Waals surface area contributed by atoms with Crippen molar-refractivity contribution in [2.24, 2.45) is 0 Å². The van der Waals surface area contributed by atoms with Gasteiger partial charge in [-0.25, -0.2) is 4.98 Å². The number of likely N-dealkylation sites (tertiary alicyclic amines) is 1. The van der Waals surface area contributed by atoms with Gasteiger partial charge < -0.3 is 14.6 Å². The van der Waals surface area contributed by atoms with Gasteiger partial charge in [-0.15, -0.1) is 0 Å². The van der Waals surface area contributed by atoms with Crippen LogP contribution in [-0.4, -0.2) is 49.4 Å². The van der Waals surface area contributed by atoms with Crippen LogP contribution in [0.15, 0.2) is 42.7 Å². The first-order chi connectivity index (χ1) is 15.4. The van der Waals surface area contributed by atoms with Crippen molar-refractivity contribution in [2.75, 3.05) is 13.7 Å². The number of ether oxygens (including phenoxy) is 1. The van der Waals surface area contributed by atoms with Crippen LogP contribution < -0.4 is 4.74 Å². The Bertz CT molecular complexity index is 1270. The molecule has 4 aromatic rings. The van der Waals surface area contributed by atoms with Gasteiger partial charge in [0.25, 0.3) is 5.91 Å². The molecule has 1 amide bonds. The average molecular weight is 431 g/mol. The number of methoxy groups -OCH3 is 1. The van der Waals surface area contributed by atoms with Crippen molar-refractivity contribution < 1.29 is 9.53 Å². The van der Waals surface area contributed by atoms with Gasteiger partial charge in [0.2, 0.25) is 0 Å². The summed E-state index contributed by atoms with van der Waals surface area (Å²) in [5, 5.41) is 8.45. The molecule has 0 saturated carbocycles. The summed E-state index contributed by atoms with van der Waals surface area (Å²) in [5.41, 5.74) is 4.90. The highest BCUT2D eigenvalue weighted by atomic mass is 16.5. The number of carbonyl (C=O) groups is 1. The Labute approximate surface area is 186 Å². The fourth-order valence-electron chi connectivity index (χ4n) is 4.53. The highest BCUT2D eigenvalue weighted by Crippen LogP contribution is 2.39. The Balaban J connectivity index is 1.58. The number of imidazole rings is 1. The Morgan fingerprint density at radius 3 is 2.62 bits per heavy atom. The first kappa shape index (κ1) is 20.2. The van der Waals surface area contributed by atoms with Gasteiger partial charge in [-0.1, -0.05) is 0 Å². The summed E-state index contributed by atoms with van der Waals surface area (Å²) in [4.78, 5) is 25.7. The highest BCUT2D eigenvalue weighted by molar-refractivity contribution is 5.99. The van der Waals surface area contributed by atoms with E-state index in [1.807, 2.05) is 17.0 Å². The molecule has 1 atom stereocenters. The molecule has 32 heavy (non-hydrogen) atoms. The van der Waals surface area contributed by atoms with E-state index in [9.17, 15) is 4.79 Å². The van der Waals surface area contributed by atoms with Crippen molar-refractivity contribution in [3.63, 3.8) is 0 Å². The van der Waals surface area contributed by atoms with E-state index in [-0.39, 0.29) is 5.91 Å². The summed E-state index contributed by atoms with van der Waals surface area (Å²) in [7, 11) is 1.59. The van der Waals surface area contributed by atoms with Crippen LogP contribution in [0.3, 0.4) is 0 Å². The monoisotopic (exact) mass is 430 g/mol. The molecule has 0 spiro atoms. The summed E-state index contributed by atoms with van der Waals surface area (Å²) in [6.45, 7) is 6.91. The Morgan fingerprint density at radius 1 is 1.12 bits per heavy atom. The predicted octanol–water partition coefficient (Wildman–Crippen LogP) is 3.92. The smallest absolute Gasteiger partial charge is 0.257 e. The van der Waals surface area contributed by atoms with Crippen LogP contribution in [0.5, 0.6) is 5.75 Å². The third-order valence-corrected chi connectivity index (χ3v) is 6.56. The van der Waals surface area contributed by atoms with Crippen LogP contribution in [0.2, 0.25) is 0 Å². The van der Waals surface area contributed by atoms with Crippen LogP contribution in [0.25, 0.3) is 16.7 Å². The molecule has 1 aliphatic heterocycles. The molecular formula is C24H26N6O2. The predicted molar refractivity (Wildman–Crippen MR) is 121 cm³/mol. The van der Waals surface area contributed by atoms with E-state index in [0.29, 0.717) is 23.5 Å². The topological polar surface area (TPSA) is 88.9 Å². The summed E-state index contributed by atoms with van der Waals surface area (Å²) in [6.07, 6.45) is 4.92. The van der Waals surface area contributed by atoms with Gasteiger partial charge in [0.1, 0.15) is 11.6 Å². The molecule has 2 aromatic carbocycles. The molecule has 1 saturated heterocycles. The van der Waals surface area contributed by atoms with Gasteiger partial charge in [-0.05, 0) is 75.1 Å². The molecule has 164 valence electrons. The zero-order chi connectivity index (χ0) is 22.5. The minimum Gasteiger partial charge on any atom is -0.497 e. The first-order valence-corrected chi connectivity index (χ1v) is 10.7. The Morgan fingerprint density at radius 2 is 1.88 bits per heavy atom. The fraction of sp³-hybridized carbons (Fsp3) is 0.333. The van der Waals surface area contributed by atoms with E-state index in [4.69, 9.17) is 9.72 Å². The summed E-state index contributed by atoms with van der Waals surface area (Å²) >= 11 is 0. The number of aryl methyl sites for hydroxylation is 2. The van der Waals surface area contributed by atoms with Crippen molar-refractivity contribution in [2.45, 2.75) is 39.2 Å². The number of fused-ring (bicyclic) bond motifs is 1. The summed E-state index contributed by atoms with van der Waals surface area (Å²) in [5.74, 6) is 1.33. The van der Waals surface area contributed by atoms with E-state index < -0.39 is 5.54 Å². The Hall–Kier alpha value is -3.68. The normalized spacial score (nSPS) is 18.4. The molecule has 5 rings (SSSR count). The molecule has 0 bridgehead atoms. The molecule has 1 fully saturated rings. The van der Waals surface area contributed by atoms with E-state index >= 15 is 0 Å². The highest BCUT2D eigenvalue weighted by Gasteiger charge is 2.44. The maximum Gasteiger partial charge on any atom is 0.257 e. The number of rotatable bonds is 4. The van der Waals surface area contributed by atoms with Crippen molar-refractivity contribution in [3.05, 3.63) is 65.2 Å². The molecular weight excluding hydrogens is 404 g/mol. The molecule has 0 aliphatic carbocycles. The van der Waals surface area contributed by atoms with Crippen LogP contribution in [0.4, 0.5) is 0 Å². The van der Waals surface area contributed by atoms with Crippen LogP contribution in [-0.2, 0) is 5.54 Å². The average Bonchev–Trinajstić information content (AvgIpc) is 3.53. The second kappa shape index (κ2) is 7.47. The van der Waals surface area contributed by atoms with Crippen molar-refractivity contribution in [3.8, 4) is 11.4 Å². The van der Waals surface area contributed by atoms with E-state index in [2.05, 4.69) is 48.1 Å². The van der Waals surface area contributed by atoms with Gasteiger partial charge >= 0.3 is 0 Å². The van der Waals surface area contributed by atoms with Crippen LogP contribution >= 0.6 is 0 Å². The van der Waals surface area contributed by atoms with Gasteiger partial charge in [0, 0.05) is 6.54 Å². The van der Waals surface area contributed by atoms with E-state index in [1.54, 1.807) is 25.6 Å². The number of hydrogen-bond acceptors (Lipinski definition) is 5. The molecule has 3 heterocycles. The third kappa shape index (κ3) is 3.14. The number of aromatic nitrogens is 5. The van der Waals surface area contributed by atoms with Crippen LogP contribution in [0, 0.1) is 13.8 Å². The van der Waals surface area contributed by atoms with E-state index in [1.165, 1.54) is 15.9 Å². The second-order valence-electron chi connectivity index (χ2n) is 8.57. The molecule has 8 nitrogen and oxygen atoms in total. The SMILES string of the molecule is COc1ccc(-n2nccn2)c(C(=O)N2CCCC2(C)c2nc3cc(C)c(C)cc3[nH]2)c1. The number of benzene rings is 2. The van der Waals surface area contributed by atoms with Gasteiger partial charge in [-0.3, -0.25) is 4.79 Å². The molecule has 1 aliphatic rings. The van der Waals surface area contributed by atoms with Crippen molar-refractivity contribution >= 4 is 16.9 Å². The number of hydrogen-bond donors (Lipinski definition) is 1. The van der Waals surface area contributed by atoms with E-state index in [0.717, 1.165) is 29.7 Å². The lowest BCUT2D eigenvalue weighted by atomic mass is 9.97. The van der Waals surface area contributed by atoms with Crippen molar-refractivity contribution in [1.29, 1.82) is 0 Å². The lowest BCUT2D eigenvalue weighted by molar-refractivity contribution is 0.0605. The maximum atomic E-state index is 13.9. The molecule has 8 heteroatoms. The minimum atomic E-state index is -0.546. The number of aromatic amines is 1. The molecule has 1 N–H and O–H groups in total. The number of carbonyl (C=O) groups excluding carboxylic acids is 1. The largest absolute Gasteiger partial charge is 0.497 e. The number of nitrogens with one attached hydrogen (secondary N) is 1. The van der Waals surface area contributed by atoms with Gasteiger partial charge in [0.15, 0.2) is 0 Å². The fourth-order valence-corrected chi connectivity index (χ4v) is 4.53. The molecule has 2 aromatic heterocycles. The lowest BCUT2D eigenvalue weighted by Gasteiger charge is -2.34. The van der Waals surface area contributed by atoms with Gasteiger partial charge in [0.05, 0.1) is 47.3 Å². The third-order valence-electron chi connectivity index (χ3n) is 6.56. The van der Waals surface area contributed by atoms with Crippen molar-refractivity contribution in [1.82, 2.24) is 29.9 Å². The second-order valence-corrected chi connectivity index (χ2v) is 8.57. The quantitative estimate of drug-likeness (QED) is 0.530. The van der Waals surface area contributed by atoms with Crippen LogP contribution in [0.1, 0.15) is 47.1 Å². The Kier molecular flexibility index (Phi) is 4.73. The standard InChI is InChI=1S/C24H26N6O2/c1-15-12-19-20(13-16(15)2)28-23(27-19)24(3)8-5-11-29(24)22(31)18-14-17(32-4)6-7-21(18)30-25-9-10-26-30/h6-7,9-10,12-14H,5,8,11H2,1-4H3,(H,27,28). The summed E-state index contributed by atoms with van der Waals surface area (Å²) in [6, 6.07) is 9.59. The number of nitrogens with zero attached hydrogens (tertiary/aromatic N) is 5. The zero-order valence-corrected chi connectivity index (χ0v) is 18.7. The zero-order valence-electron chi connectivity index (χ0n) is 18.7. The first-order valence-electron chi connectivity index (χ1n) is 10.7.